The van der Waals surface area contributed by atoms with Crippen LogP contribution in [0.25, 0.3) is 27.6 Å². The molecule has 5 aromatic rings. The Balaban J connectivity index is 1.39. The molecule has 5 rings (SSSR count). The van der Waals surface area contributed by atoms with E-state index >= 15 is 0 Å². The van der Waals surface area contributed by atoms with Gasteiger partial charge >= 0.3 is 0 Å². The number of aromatic nitrogens is 5. The molecule has 1 atom stereocenters. The zero-order chi connectivity index (χ0) is 21.2. The van der Waals surface area contributed by atoms with E-state index in [0.717, 1.165) is 32.7 Å². The molecule has 31 heavy (non-hydrogen) atoms. The van der Waals surface area contributed by atoms with Gasteiger partial charge in [0.25, 0.3) is 0 Å². The number of amides is 1. The number of fused-ring (bicyclic) bond motifs is 2. The lowest BCUT2D eigenvalue weighted by Crippen LogP contribution is -2.22. The van der Waals surface area contributed by atoms with Crippen LogP contribution in [-0.4, -0.2) is 35.9 Å². The highest BCUT2D eigenvalue weighted by Gasteiger charge is 2.19. The Morgan fingerprint density at radius 3 is 2.71 bits per heavy atom. The van der Waals surface area contributed by atoms with Crippen LogP contribution >= 0.6 is 11.8 Å². The van der Waals surface area contributed by atoms with E-state index in [0.29, 0.717) is 5.65 Å². The van der Waals surface area contributed by atoms with Gasteiger partial charge in [-0.05, 0) is 43.3 Å². The quantitative estimate of drug-likeness (QED) is 0.329. The van der Waals surface area contributed by atoms with Crippen molar-refractivity contribution in [2.24, 2.45) is 0 Å². The van der Waals surface area contributed by atoms with Gasteiger partial charge in [0.15, 0.2) is 5.65 Å². The van der Waals surface area contributed by atoms with Gasteiger partial charge in [-0.2, -0.15) is 5.10 Å². The number of benzene rings is 2. The predicted molar refractivity (Wildman–Crippen MR) is 122 cm³/mol. The first-order chi connectivity index (χ1) is 15.2. The Morgan fingerprint density at radius 1 is 0.968 bits per heavy atom. The van der Waals surface area contributed by atoms with Crippen LogP contribution in [0.4, 0.5) is 5.69 Å². The third-order valence-electron chi connectivity index (χ3n) is 4.89. The third kappa shape index (κ3) is 3.73. The van der Waals surface area contributed by atoms with Crippen LogP contribution < -0.4 is 5.32 Å². The summed E-state index contributed by atoms with van der Waals surface area (Å²) in [6, 6.07) is 19.3. The molecule has 0 saturated heterocycles. The van der Waals surface area contributed by atoms with E-state index in [1.807, 2.05) is 67.6 Å². The molecule has 1 unspecified atom stereocenters. The van der Waals surface area contributed by atoms with Gasteiger partial charge in [-0.25, -0.2) is 14.6 Å². The number of carbonyl (C=O) groups is 1. The van der Waals surface area contributed by atoms with E-state index in [-0.39, 0.29) is 11.2 Å². The van der Waals surface area contributed by atoms with Gasteiger partial charge in [0.05, 0.1) is 33.7 Å². The second kappa shape index (κ2) is 8.16. The second-order valence-corrected chi connectivity index (χ2v) is 8.26. The van der Waals surface area contributed by atoms with Crippen molar-refractivity contribution in [1.29, 1.82) is 0 Å². The number of thioether (sulfide) groups is 1. The fraction of sp³-hybridized carbons (Fsp3) is 0.0870. The number of nitrogens with one attached hydrogen (secondary N) is 1. The molecule has 1 N–H and O–H groups in total. The summed E-state index contributed by atoms with van der Waals surface area (Å²) in [5.41, 5.74) is 3.21. The number of hydrogen-bond donors (Lipinski definition) is 1. The van der Waals surface area contributed by atoms with Gasteiger partial charge in [0, 0.05) is 11.6 Å². The van der Waals surface area contributed by atoms with Crippen molar-refractivity contribution in [2.75, 3.05) is 5.32 Å². The molecule has 152 valence electrons. The molecule has 3 aromatic heterocycles. The summed E-state index contributed by atoms with van der Waals surface area (Å²) < 4.78 is 1.77. The molecular formula is C23H18N6OS. The van der Waals surface area contributed by atoms with Crippen molar-refractivity contribution in [1.82, 2.24) is 24.7 Å². The van der Waals surface area contributed by atoms with E-state index < -0.39 is 0 Å². The maximum atomic E-state index is 12.9. The zero-order valence-corrected chi connectivity index (χ0v) is 17.5. The average molecular weight is 427 g/mol. The molecule has 3 heterocycles. The summed E-state index contributed by atoms with van der Waals surface area (Å²) in [5, 5.41) is 9.56. The summed E-state index contributed by atoms with van der Waals surface area (Å²) in [6.45, 7) is 1.86. The smallest absolute Gasteiger partial charge is 0.237 e. The molecular weight excluding hydrogens is 408 g/mol. The summed E-state index contributed by atoms with van der Waals surface area (Å²) >= 11 is 1.38. The highest BCUT2D eigenvalue weighted by atomic mass is 32.2. The minimum absolute atomic E-state index is 0.108. The van der Waals surface area contributed by atoms with Gasteiger partial charge in [0.2, 0.25) is 5.91 Å². The van der Waals surface area contributed by atoms with Crippen LogP contribution in [0.15, 0.2) is 84.4 Å². The van der Waals surface area contributed by atoms with Crippen LogP contribution in [0.5, 0.6) is 0 Å². The first-order valence-corrected chi connectivity index (χ1v) is 10.6. The Labute approximate surface area is 182 Å². The monoisotopic (exact) mass is 426 g/mol. The lowest BCUT2D eigenvalue weighted by molar-refractivity contribution is -0.115. The maximum absolute atomic E-state index is 12.9. The molecule has 0 aliphatic heterocycles. The fourth-order valence-corrected chi connectivity index (χ4v) is 4.22. The Morgan fingerprint density at radius 2 is 1.84 bits per heavy atom. The third-order valence-corrected chi connectivity index (χ3v) is 6.01. The Hall–Kier alpha value is -3.78. The minimum atomic E-state index is -0.370. The normalized spacial score (nSPS) is 12.2. The molecule has 0 radical (unpaired) electrons. The predicted octanol–water partition coefficient (Wildman–Crippen LogP) is 4.48. The molecule has 0 fully saturated rings. The average Bonchev–Trinajstić information content (AvgIpc) is 3.25. The molecule has 0 spiro atoms. The number of carbonyl (C=O) groups excluding carboxylic acids is 1. The van der Waals surface area contributed by atoms with Gasteiger partial charge in [-0.3, -0.25) is 9.78 Å². The van der Waals surface area contributed by atoms with Gasteiger partial charge in [-0.1, -0.05) is 36.0 Å². The largest absolute Gasteiger partial charge is 0.324 e. The molecule has 0 aliphatic rings. The molecule has 0 bridgehead atoms. The summed E-state index contributed by atoms with van der Waals surface area (Å²) in [7, 11) is 0. The minimum Gasteiger partial charge on any atom is -0.324 e. The lowest BCUT2D eigenvalue weighted by atomic mass is 10.2. The summed E-state index contributed by atoms with van der Waals surface area (Å²) in [4.78, 5) is 26.0. The number of hydrogen-bond acceptors (Lipinski definition) is 6. The number of nitrogens with zero attached hydrogens (tertiary/aromatic N) is 5. The zero-order valence-electron chi connectivity index (χ0n) is 16.6. The van der Waals surface area contributed by atoms with Crippen LogP contribution in [0.3, 0.4) is 0 Å². The summed E-state index contributed by atoms with van der Waals surface area (Å²) in [5.74, 6) is -0.108. The van der Waals surface area contributed by atoms with Crippen molar-refractivity contribution in [3.63, 3.8) is 0 Å². The first kappa shape index (κ1) is 19.2. The number of rotatable bonds is 5. The van der Waals surface area contributed by atoms with Crippen molar-refractivity contribution in [2.45, 2.75) is 17.2 Å². The van der Waals surface area contributed by atoms with E-state index in [1.165, 1.54) is 18.1 Å². The maximum Gasteiger partial charge on any atom is 0.237 e. The van der Waals surface area contributed by atoms with Crippen LogP contribution in [0, 0.1) is 0 Å². The molecule has 2 aromatic carbocycles. The van der Waals surface area contributed by atoms with E-state index in [4.69, 9.17) is 0 Å². The van der Waals surface area contributed by atoms with Gasteiger partial charge < -0.3 is 5.32 Å². The SMILES string of the molecule is CC(Sc1ncnc2c1cnn2-c1ccccc1)C(=O)Nc1cccc2ncccc12. The fourth-order valence-electron chi connectivity index (χ4n) is 3.34. The highest BCUT2D eigenvalue weighted by Crippen LogP contribution is 2.30. The molecule has 0 aliphatic carbocycles. The molecule has 0 saturated carbocycles. The van der Waals surface area contributed by atoms with Crippen molar-refractivity contribution >= 4 is 45.3 Å². The van der Waals surface area contributed by atoms with Crippen molar-refractivity contribution < 1.29 is 4.79 Å². The van der Waals surface area contributed by atoms with Gasteiger partial charge in [0.1, 0.15) is 11.4 Å². The number of anilines is 1. The number of para-hydroxylation sites is 1. The molecule has 8 heteroatoms. The molecule has 1 amide bonds. The van der Waals surface area contributed by atoms with Crippen molar-refractivity contribution in [3.05, 3.63) is 79.4 Å². The van der Waals surface area contributed by atoms with Crippen molar-refractivity contribution in [3.8, 4) is 5.69 Å². The van der Waals surface area contributed by atoms with Crippen LogP contribution in [0.2, 0.25) is 0 Å². The van der Waals surface area contributed by atoms with E-state index in [9.17, 15) is 4.79 Å². The Kier molecular flexibility index (Phi) is 5.05. The number of pyridine rings is 1. The van der Waals surface area contributed by atoms with E-state index in [1.54, 1.807) is 17.1 Å². The second-order valence-electron chi connectivity index (χ2n) is 6.93. The standard InChI is InChI=1S/C23H18N6OS/c1-15(22(30)28-20-11-5-10-19-17(20)9-6-12-24-19)31-23-18-13-27-29(21(18)25-14-26-23)16-7-3-2-4-8-16/h2-15H,1H3,(H,28,30). The Bertz CT molecular complexity index is 1380. The van der Waals surface area contributed by atoms with Gasteiger partial charge in [-0.15, -0.1) is 0 Å². The molecule has 7 nitrogen and oxygen atoms in total. The first-order valence-electron chi connectivity index (χ1n) is 9.76. The van der Waals surface area contributed by atoms with E-state index in [2.05, 4.69) is 25.4 Å². The lowest BCUT2D eigenvalue weighted by Gasteiger charge is -2.13. The topological polar surface area (TPSA) is 85.6 Å². The van der Waals surface area contributed by atoms with Crippen LogP contribution in [-0.2, 0) is 4.79 Å². The highest BCUT2D eigenvalue weighted by molar-refractivity contribution is 8.00. The van der Waals surface area contributed by atoms with Crippen LogP contribution in [0.1, 0.15) is 6.92 Å². The summed E-state index contributed by atoms with van der Waals surface area (Å²) in [6.07, 6.45) is 4.99.